The Bertz CT molecular complexity index is 613. The maximum atomic E-state index is 11.9. The number of piperidine rings is 1. The summed E-state index contributed by atoms with van der Waals surface area (Å²) >= 11 is 0. The van der Waals surface area contributed by atoms with Gasteiger partial charge in [-0.3, -0.25) is 0 Å². The van der Waals surface area contributed by atoms with Crippen LogP contribution in [0.3, 0.4) is 0 Å². The first-order chi connectivity index (χ1) is 9.97. The lowest BCUT2D eigenvalue weighted by molar-refractivity contribution is 0.312. The van der Waals surface area contributed by atoms with Gasteiger partial charge in [-0.1, -0.05) is 0 Å². The lowest BCUT2D eigenvalue weighted by Gasteiger charge is -2.37. The number of sulfonamides is 1. The predicted molar refractivity (Wildman–Crippen MR) is 81.4 cm³/mol. The van der Waals surface area contributed by atoms with Crippen LogP contribution in [0.5, 0.6) is 0 Å². The molecule has 1 fully saturated rings. The summed E-state index contributed by atoms with van der Waals surface area (Å²) in [5, 5.41) is 8.75. The molecule has 0 aliphatic carbocycles. The maximum Gasteiger partial charge on any atom is 0.213 e. The van der Waals surface area contributed by atoms with Gasteiger partial charge in [-0.15, -0.1) is 0 Å². The van der Waals surface area contributed by atoms with Crippen molar-refractivity contribution in [2.45, 2.75) is 25.8 Å². The van der Waals surface area contributed by atoms with Gasteiger partial charge < -0.3 is 4.90 Å². The van der Waals surface area contributed by atoms with Crippen LogP contribution in [0.1, 0.15) is 25.5 Å². The van der Waals surface area contributed by atoms with Gasteiger partial charge in [0.2, 0.25) is 10.0 Å². The number of pyridine rings is 1. The molecular formula is C14H20N4O2S. The van der Waals surface area contributed by atoms with Crippen LogP contribution < -0.4 is 4.90 Å². The third-order valence-electron chi connectivity index (χ3n) is 4.01. The second-order valence-corrected chi connectivity index (χ2v) is 7.47. The minimum atomic E-state index is -3.12. The van der Waals surface area contributed by atoms with Gasteiger partial charge in [-0.2, -0.15) is 5.26 Å². The number of aromatic nitrogens is 1. The maximum absolute atomic E-state index is 11.9. The highest BCUT2D eigenvalue weighted by Gasteiger charge is 2.28. The fourth-order valence-corrected chi connectivity index (χ4v) is 3.63. The summed E-state index contributed by atoms with van der Waals surface area (Å²) in [6.07, 6.45) is 3.30. The summed E-state index contributed by atoms with van der Waals surface area (Å²) in [5.74, 6) is 0.142. The second kappa shape index (κ2) is 6.41. The van der Waals surface area contributed by atoms with Crippen molar-refractivity contribution in [1.82, 2.24) is 9.29 Å². The number of hydrogen-bond donors (Lipinski definition) is 0. The molecule has 0 aromatic carbocycles. The van der Waals surface area contributed by atoms with Crippen LogP contribution in [0, 0.1) is 11.3 Å². The molecule has 0 radical (unpaired) electrons. The van der Waals surface area contributed by atoms with Gasteiger partial charge in [0.1, 0.15) is 11.8 Å². The van der Waals surface area contributed by atoms with Crippen molar-refractivity contribution in [3.05, 3.63) is 24.0 Å². The molecule has 0 amide bonds. The van der Waals surface area contributed by atoms with Crippen LogP contribution in [-0.2, 0) is 10.0 Å². The number of rotatable bonds is 4. The van der Waals surface area contributed by atoms with E-state index in [1.807, 2.05) is 12.1 Å². The van der Waals surface area contributed by atoms with Crippen LogP contribution in [0.2, 0.25) is 0 Å². The topological polar surface area (TPSA) is 77.3 Å². The number of anilines is 1. The van der Waals surface area contributed by atoms with Crippen molar-refractivity contribution in [2.24, 2.45) is 0 Å². The molecule has 6 nitrogen and oxygen atoms in total. The molecule has 1 aliphatic heterocycles. The molecule has 7 heteroatoms. The summed E-state index contributed by atoms with van der Waals surface area (Å²) in [7, 11) is -1.45. The lowest BCUT2D eigenvalue weighted by atomic mass is 10.0. The normalized spacial score (nSPS) is 17.0. The van der Waals surface area contributed by atoms with Crippen molar-refractivity contribution in [2.75, 3.05) is 30.8 Å². The molecule has 2 rings (SSSR count). The highest BCUT2D eigenvalue weighted by atomic mass is 32.2. The summed E-state index contributed by atoms with van der Waals surface area (Å²) in [6, 6.07) is 5.66. The van der Waals surface area contributed by atoms with Crippen LogP contribution in [0.25, 0.3) is 0 Å². The molecule has 0 bridgehead atoms. The highest BCUT2D eigenvalue weighted by molar-refractivity contribution is 7.89. The summed E-state index contributed by atoms with van der Waals surface area (Å²) in [6.45, 7) is 3.26. The van der Waals surface area contributed by atoms with E-state index in [1.54, 1.807) is 26.2 Å². The minimum absolute atomic E-state index is 0.0672. The van der Waals surface area contributed by atoms with Crippen LogP contribution in [0.15, 0.2) is 18.3 Å². The van der Waals surface area contributed by atoms with Crippen molar-refractivity contribution in [3.8, 4) is 6.07 Å². The number of hydrogen-bond acceptors (Lipinski definition) is 5. The predicted octanol–water partition coefficient (Wildman–Crippen LogP) is 1.20. The first-order valence-corrected chi connectivity index (χ1v) is 8.65. The molecule has 1 aliphatic rings. The van der Waals surface area contributed by atoms with E-state index in [4.69, 9.17) is 5.26 Å². The highest BCUT2D eigenvalue weighted by Crippen LogP contribution is 2.23. The molecule has 1 saturated heterocycles. The quantitative estimate of drug-likeness (QED) is 0.835. The Labute approximate surface area is 126 Å². The van der Waals surface area contributed by atoms with E-state index in [0.29, 0.717) is 5.69 Å². The van der Waals surface area contributed by atoms with E-state index >= 15 is 0 Å². The Hall–Kier alpha value is -1.65. The van der Waals surface area contributed by atoms with Crippen molar-refractivity contribution in [3.63, 3.8) is 0 Å². The lowest BCUT2D eigenvalue weighted by Crippen LogP contribution is -2.46. The van der Waals surface area contributed by atoms with Gasteiger partial charge in [0.25, 0.3) is 0 Å². The Morgan fingerprint density at radius 1 is 1.43 bits per heavy atom. The van der Waals surface area contributed by atoms with E-state index < -0.39 is 10.0 Å². The zero-order valence-electron chi connectivity index (χ0n) is 12.4. The zero-order chi connectivity index (χ0) is 15.5. The molecule has 114 valence electrons. The fourth-order valence-electron chi connectivity index (χ4n) is 2.56. The molecular weight excluding hydrogens is 288 g/mol. The van der Waals surface area contributed by atoms with E-state index in [9.17, 15) is 8.42 Å². The summed E-state index contributed by atoms with van der Waals surface area (Å²) in [4.78, 5) is 6.25. The largest absolute Gasteiger partial charge is 0.370 e. The molecule has 0 unspecified atom stereocenters. The van der Waals surface area contributed by atoms with Crippen LogP contribution in [-0.4, -0.2) is 49.6 Å². The van der Waals surface area contributed by atoms with Gasteiger partial charge in [0, 0.05) is 26.2 Å². The van der Waals surface area contributed by atoms with E-state index in [0.717, 1.165) is 31.6 Å². The average Bonchev–Trinajstić information content (AvgIpc) is 2.54. The monoisotopic (exact) mass is 308 g/mol. The fraction of sp³-hybridized carbons (Fsp3) is 0.571. The molecule has 21 heavy (non-hydrogen) atoms. The smallest absolute Gasteiger partial charge is 0.213 e. The Kier molecular flexibility index (Phi) is 4.80. The Morgan fingerprint density at radius 3 is 2.57 bits per heavy atom. The molecule has 1 aromatic rings. The molecule has 0 spiro atoms. The van der Waals surface area contributed by atoms with Gasteiger partial charge in [-0.25, -0.2) is 17.7 Å². The average molecular weight is 308 g/mol. The molecule has 2 heterocycles. The third kappa shape index (κ3) is 3.52. The second-order valence-electron chi connectivity index (χ2n) is 5.15. The van der Waals surface area contributed by atoms with E-state index in [2.05, 4.69) is 9.88 Å². The number of nitriles is 1. The minimum Gasteiger partial charge on any atom is -0.370 e. The Balaban J connectivity index is 1.98. The molecule has 0 N–H and O–H groups in total. The van der Waals surface area contributed by atoms with Crippen molar-refractivity contribution >= 4 is 15.7 Å². The first-order valence-electron chi connectivity index (χ1n) is 7.04. The number of nitrogens with zero attached hydrogens (tertiary/aromatic N) is 4. The van der Waals surface area contributed by atoms with Gasteiger partial charge in [0.15, 0.2) is 0 Å². The third-order valence-corrected chi connectivity index (χ3v) is 5.92. The molecule has 0 saturated carbocycles. The Morgan fingerprint density at radius 2 is 2.10 bits per heavy atom. The molecule has 0 atom stereocenters. The van der Waals surface area contributed by atoms with Crippen molar-refractivity contribution < 1.29 is 8.42 Å². The van der Waals surface area contributed by atoms with E-state index in [1.165, 1.54) is 4.31 Å². The van der Waals surface area contributed by atoms with Gasteiger partial charge in [-0.05, 0) is 31.9 Å². The van der Waals surface area contributed by atoms with Gasteiger partial charge in [0.05, 0.1) is 17.6 Å². The zero-order valence-corrected chi connectivity index (χ0v) is 13.2. The van der Waals surface area contributed by atoms with Crippen LogP contribution >= 0.6 is 0 Å². The SMILES string of the molecule is CCS(=O)(=O)N(C)C1CCN(c2ccc(C#N)nc2)CC1. The van der Waals surface area contributed by atoms with Crippen molar-refractivity contribution in [1.29, 1.82) is 5.26 Å². The van der Waals surface area contributed by atoms with Crippen LogP contribution in [0.4, 0.5) is 5.69 Å². The van der Waals surface area contributed by atoms with Gasteiger partial charge >= 0.3 is 0 Å². The molecule has 1 aromatic heterocycles. The summed E-state index contributed by atoms with van der Waals surface area (Å²) < 4.78 is 25.3. The van der Waals surface area contributed by atoms with E-state index in [-0.39, 0.29) is 11.8 Å². The first kappa shape index (κ1) is 15.7. The standard InChI is InChI=1S/C14H20N4O2S/c1-3-21(19,20)17(2)13-6-8-18(9-7-13)14-5-4-12(10-15)16-11-14/h4-5,11,13H,3,6-9H2,1-2H3. The summed E-state index contributed by atoms with van der Waals surface area (Å²) in [5.41, 5.74) is 1.39.